The van der Waals surface area contributed by atoms with Crippen molar-refractivity contribution in [3.8, 4) is 0 Å². The lowest BCUT2D eigenvalue weighted by Gasteiger charge is -2.36. The molecule has 0 aromatic rings. The number of allylic oxidation sites excluding steroid dienone is 3. The summed E-state index contributed by atoms with van der Waals surface area (Å²) in [6, 6.07) is 0.583. The van der Waals surface area contributed by atoms with Crippen LogP contribution >= 0.6 is 0 Å². The Balaban J connectivity index is 0.00000529. The molecule has 0 saturated carbocycles. The topological polar surface area (TPSA) is 0 Å². The Kier molecular flexibility index (Phi) is 11.1. The molecule has 0 aliphatic heterocycles. The van der Waals surface area contributed by atoms with Gasteiger partial charge in [-0.3, -0.25) is 0 Å². The summed E-state index contributed by atoms with van der Waals surface area (Å²) in [5.41, 5.74) is 3.56. The Morgan fingerprint density at radius 3 is 2.33 bits per heavy atom. The number of unbranched alkanes of at least 4 members (excludes halogenated alkanes) is 4. The van der Waals surface area contributed by atoms with Gasteiger partial charge in [-0.15, -0.1) is 0 Å². The Morgan fingerprint density at radius 1 is 1.12 bits per heavy atom. The third-order valence-corrected chi connectivity index (χ3v) is 6.02. The molecule has 0 radical (unpaired) electrons. The molecule has 0 N–H and O–H groups in total. The van der Waals surface area contributed by atoms with E-state index in [1.54, 1.807) is 11.1 Å². The zero-order chi connectivity index (χ0) is 17.5. The van der Waals surface area contributed by atoms with Crippen LogP contribution in [0, 0.1) is 5.41 Å². The molecule has 1 unspecified atom stereocenters. The number of quaternary nitrogens is 1. The number of rotatable bonds is 9. The molecule has 2 heteroatoms. The molecule has 0 spiro atoms. The highest BCUT2D eigenvalue weighted by Gasteiger charge is 2.27. The van der Waals surface area contributed by atoms with Gasteiger partial charge in [0.05, 0.1) is 20.6 Å². The maximum atomic E-state index is 2.47. The van der Waals surface area contributed by atoms with Gasteiger partial charge in [-0.2, -0.15) is 0 Å². The average Bonchev–Trinajstić information content (AvgIpc) is 2.45. The summed E-state index contributed by atoms with van der Waals surface area (Å²) >= 11 is 0. The van der Waals surface area contributed by atoms with Gasteiger partial charge in [-0.1, -0.05) is 51.7 Å². The first-order valence-corrected chi connectivity index (χ1v) is 9.92. The van der Waals surface area contributed by atoms with Crippen molar-refractivity contribution in [1.82, 2.24) is 0 Å². The van der Waals surface area contributed by atoms with Gasteiger partial charge in [0.15, 0.2) is 0 Å². The van der Waals surface area contributed by atoms with Crippen molar-refractivity contribution in [2.75, 3.05) is 20.6 Å². The molecule has 0 aromatic carbocycles. The van der Waals surface area contributed by atoms with E-state index in [1.807, 2.05) is 0 Å². The standard InChI is InChI=1S/C22H42N.HI/c1-8-9-10-11-12-18-23(6,7)20(3)15-16-21-19(2)14-13-17-22(21,4)5;/h15-16,20H,8-14,17-18H2,1-7H3;1H/q+1;/p-1/b16-15+;. The Hall–Kier alpha value is 0.170. The van der Waals surface area contributed by atoms with Crippen LogP contribution in [-0.2, 0) is 0 Å². The van der Waals surface area contributed by atoms with Gasteiger partial charge in [-0.25, -0.2) is 0 Å². The third-order valence-electron chi connectivity index (χ3n) is 6.02. The first-order chi connectivity index (χ1) is 10.7. The maximum Gasteiger partial charge on any atom is 0.105 e. The van der Waals surface area contributed by atoms with Crippen LogP contribution in [0.5, 0.6) is 0 Å². The molecule has 1 rings (SSSR count). The molecule has 24 heavy (non-hydrogen) atoms. The van der Waals surface area contributed by atoms with Gasteiger partial charge < -0.3 is 28.5 Å². The smallest absolute Gasteiger partial charge is 0.105 e. The average molecular weight is 447 g/mol. The summed E-state index contributed by atoms with van der Waals surface area (Å²) in [5, 5.41) is 0. The van der Waals surface area contributed by atoms with Crippen LogP contribution in [-0.4, -0.2) is 31.2 Å². The number of hydrogen-bond donors (Lipinski definition) is 0. The molecule has 0 amide bonds. The van der Waals surface area contributed by atoms with Gasteiger partial charge in [-0.05, 0) is 63.0 Å². The van der Waals surface area contributed by atoms with E-state index >= 15 is 0 Å². The van der Waals surface area contributed by atoms with Crippen molar-refractivity contribution in [2.24, 2.45) is 5.41 Å². The monoisotopic (exact) mass is 447 g/mol. The van der Waals surface area contributed by atoms with Crippen LogP contribution in [0.15, 0.2) is 23.3 Å². The third kappa shape index (κ3) is 7.59. The second-order valence-electron chi connectivity index (χ2n) is 8.95. The number of likely N-dealkylation sites (N-methyl/N-ethyl adjacent to an activating group) is 1. The molecule has 1 aliphatic carbocycles. The molecule has 0 fully saturated rings. The lowest BCUT2D eigenvalue weighted by molar-refractivity contribution is -0.906. The molecule has 1 atom stereocenters. The predicted octanol–water partition coefficient (Wildman–Crippen LogP) is 3.51. The Labute approximate surface area is 169 Å². The number of halogens is 1. The predicted molar refractivity (Wildman–Crippen MR) is 105 cm³/mol. The van der Waals surface area contributed by atoms with E-state index in [0.29, 0.717) is 11.5 Å². The lowest BCUT2D eigenvalue weighted by Crippen LogP contribution is -3.00. The molecule has 0 heterocycles. The highest BCUT2D eigenvalue weighted by molar-refractivity contribution is 5.32. The van der Waals surface area contributed by atoms with E-state index in [2.05, 4.69) is 60.9 Å². The molecule has 0 saturated heterocycles. The summed E-state index contributed by atoms with van der Waals surface area (Å²) in [5.74, 6) is 0. The minimum absolute atomic E-state index is 0. The quantitative estimate of drug-likeness (QED) is 0.288. The van der Waals surface area contributed by atoms with Gasteiger partial charge >= 0.3 is 0 Å². The van der Waals surface area contributed by atoms with E-state index in [1.165, 1.54) is 57.9 Å². The first kappa shape index (κ1) is 24.2. The van der Waals surface area contributed by atoms with Crippen LogP contribution in [0.4, 0.5) is 0 Å². The van der Waals surface area contributed by atoms with Gasteiger partial charge in [0.25, 0.3) is 0 Å². The summed E-state index contributed by atoms with van der Waals surface area (Å²) in [7, 11) is 4.78. The van der Waals surface area contributed by atoms with Crippen LogP contribution in [0.2, 0.25) is 0 Å². The largest absolute Gasteiger partial charge is 1.00 e. The van der Waals surface area contributed by atoms with Crippen LogP contribution in [0.25, 0.3) is 0 Å². The first-order valence-electron chi connectivity index (χ1n) is 9.92. The minimum Gasteiger partial charge on any atom is -1.00 e. The summed E-state index contributed by atoms with van der Waals surface area (Å²) in [6.07, 6.45) is 15.8. The fourth-order valence-corrected chi connectivity index (χ4v) is 3.81. The van der Waals surface area contributed by atoms with Crippen molar-refractivity contribution < 1.29 is 28.5 Å². The van der Waals surface area contributed by atoms with E-state index in [-0.39, 0.29) is 24.0 Å². The normalized spacial score (nSPS) is 19.5. The summed E-state index contributed by atoms with van der Waals surface area (Å²) in [4.78, 5) is 0. The van der Waals surface area contributed by atoms with E-state index in [4.69, 9.17) is 0 Å². The molecular formula is C22H42IN. The fraction of sp³-hybridized carbons (Fsp3) is 0.818. The van der Waals surface area contributed by atoms with E-state index in [0.717, 1.165) is 4.48 Å². The number of nitrogens with zero attached hydrogens (tertiary/aromatic N) is 1. The molecular weight excluding hydrogens is 405 g/mol. The van der Waals surface area contributed by atoms with Crippen molar-refractivity contribution in [3.05, 3.63) is 23.3 Å². The van der Waals surface area contributed by atoms with E-state index < -0.39 is 0 Å². The van der Waals surface area contributed by atoms with Gasteiger partial charge in [0.1, 0.15) is 6.04 Å². The van der Waals surface area contributed by atoms with Crippen LogP contribution in [0.1, 0.15) is 86.0 Å². The minimum atomic E-state index is 0. The fourth-order valence-electron chi connectivity index (χ4n) is 3.81. The van der Waals surface area contributed by atoms with Gasteiger partial charge in [0, 0.05) is 0 Å². The van der Waals surface area contributed by atoms with E-state index in [9.17, 15) is 0 Å². The van der Waals surface area contributed by atoms with Crippen LogP contribution < -0.4 is 24.0 Å². The molecule has 142 valence electrons. The van der Waals surface area contributed by atoms with Crippen molar-refractivity contribution in [1.29, 1.82) is 0 Å². The lowest BCUT2D eigenvalue weighted by atomic mass is 9.72. The zero-order valence-corrected chi connectivity index (χ0v) is 19.6. The molecule has 1 nitrogen and oxygen atoms in total. The maximum absolute atomic E-state index is 2.47. The Bertz CT molecular complexity index is 418. The zero-order valence-electron chi connectivity index (χ0n) is 17.4. The molecule has 0 bridgehead atoms. The Morgan fingerprint density at radius 2 is 1.75 bits per heavy atom. The van der Waals surface area contributed by atoms with Gasteiger partial charge in [0.2, 0.25) is 0 Å². The SMILES string of the molecule is CCCCCCC[N+](C)(C)C(C)/C=C/C1=C(C)CCCC1(C)C.[I-]. The highest BCUT2D eigenvalue weighted by atomic mass is 127. The second-order valence-corrected chi connectivity index (χ2v) is 8.95. The second kappa shape index (κ2) is 11.0. The van der Waals surface area contributed by atoms with Crippen molar-refractivity contribution >= 4 is 0 Å². The van der Waals surface area contributed by atoms with Crippen LogP contribution in [0.3, 0.4) is 0 Å². The summed E-state index contributed by atoms with van der Waals surface area (Å²) in [6.45, 7) is 13.1. The summed E-state index contributed by atoms with van der Waals surface area (Å²) < 4.78 is 1.11. The highest BCUT2D eigenvalue weighted by Crippen LogP contribution is 2.40. The molecule has 0 aromatic heterocycles. The number of hydrogen-bond acceptors (Lipinski definition) is 0. The van der Waals surface area contributed by atoms with Crippen molar-refractivity contribution in [3.63, 3.8) is 0 Å². The molecule has 1 aliphatic rings. The van der Waals surface area contributed by atoms with Crippen molar-refractivity contribution in [2.45, 2.75) is 92.0 Å².